The van der Waals surface area contributed by atoms with Crippen LogP contribution in [0.5, 0.6) is 0 Å². The van der Waals surface area contributed by atoms with Crippen molar-refractivity contribution in [3.8, 4) is 0 Å². The van der Waals surface area contributed by atoms with Gasteiger partial charge in [0.2, 0.25) is 0 Å². The predicted molar refractivity (Wildman–Crippen MR) is 62.0 cm³/mol. The number of hydrogen-bond donors (Lipinski definition) is 0. The minimum atomic E-state index is -3.02. The Morgan fingerprint density at radius 1 is 1.47 bits per heavy atom. The molecule has 0 aliphatic carbocycles. The van der Waals surface area contributed by atoms with Crippen LogP contribution in [0.15, 0.2) is 16.7 Å². The molecule has 0 atom stereocenters. The first kappa shape index (κ1) is 12.8. The van der Waals surface area contributed by atoms with E-state index >= 15 is 0 Å². The fraction of sp³-hybridized carbons (Fsp3) is 0.444. The molecule has 4 nitrogen and oxygen atoms in total. The van der Waals surface area contributed by atoms with E-state index in [0.717, 1.165) is 10.0 Å². The second-order valence-electron chi connectivity index (χ2n) is 3.06. The topological polar surface area (TPSA) is 48.4 Å². The van der Waals surface area contributed by atoms with Crippen molar-refractivity contribution in [3.63, 3.8) is 0 Å². The van der Waals surface area contributed by atoms with Gasteiger partial charge in [-0.2, -0.15) is 0 Å². The molecule has 0 fully saturated rings. The molecule has 6 heteroatoms. The number of aryl methyl sites for hydroxylation is 1. The Bertz CT molecular complexity index is 389. The Morgan fingerprint density at radius 3 is 2.53 bits per heavy atom. The Kier molecular flexibility index (Phi) is 4.46. The highest BCUT2D eigenvalue weighted by Crippen LogP contribution is 2.49. The Hall–Kier alpha value is -0.220. The summed E-state index contributed by atoms with van der Waals surface area (Å²) in [6.07, 6.45) is 1.87. The van der Waals surface area contributed by atoms with Gasteiger partial charge in [-0.25, -0.2) is 0 Å². The van der Waals surface area contributed by atoms with Crippen molar-refractivity contribution in [1.29, 1.82) is 0 Å². The largest absolute Gasteiger partial charge is 0.336 e. The van der Waals surface area contributed by atoms with Crippen molar-refractivity contribution >= 4 is 23.5 Å². The highest BCUT2D eigenvalue weighted by Gasteiger charge is 2.22. The van der Waals surface area contributed by atoms with E-state index in [9.17, 15) is 4.57 Å². The third-order valence-electron chi connectivity index (χ3n) is 2.02. The molecule has 0 spiro atoms. The van der Waals surface area contributed by atoms with Gasteiger partial charge in [-0.15, -0.1) is 0 Å². The van der Waals surface area contributed by atoms with Gasteiger partial charge in [-0.3, -0.25) is 9.55 Å². The predicted octanol–water partition coefficient (Wildman–Crippen LogP) is 3.14. The first-order valence-electron chi connectivity index (χ1n) is 4.32. The number of pyridine rings is 1. The normalized spacial score (nSPS) is 11.7. The number of halogens is 1. The highest BCUT2D eigenvalue weighted by molar-refractivity contribution is 9.10. The van der Waals surface area contributed by atoms with Crippen LogP contribution in [0.25, 0.3) is 0 Å². The van der Waals surface area contributed by atoms with Crippen LogP contribution in [0.1, 0.15) is 11.3 Å². The lowest BCUT2D eigenvalue weighted by Crippen LogP contribution is -1.96. The molecule has 84 valence electrons. The average molecular weight is 294 g/mol. The molecule has 0 unspecified atom stereocenters. The Labute approximate surface area is 97.7 Å². The molecule has 0 saturated carbocycles. The van der Waals surface area contributed by atoms with Crippen LogP contribution < -0.4 is 0 Å². The van der Waals surface area contributed by atoms with Crippen LogP contribution in [0.4, 0.5) is 0 Å². The summed E-state index contributed by atoms with van der Waals surface area (Å²) in [5, 5.41) is 0. The van der Waals surface area contributed by atoms with Gasteiger partial charge < -0.3 is 9.05 Å². The van der Waals surface area contributed by atoms with E-state index in [0.29, 0.717) is 5.69 Å². The van der Waals surface area contributed by atoms with E-state index in [-0.39, 0.29) is 6.16 Å². The van der Waals surface area contributed by atoms with Gasteiger partial charge >= 0.3 is 7.60 Å². The van der Waals surface area contributed by atoms with Gasteiger partial charge in [0.1, 0.15) is 0 Å². The van der Waals surface area contributed by atoms with E-state index in [4.69, 9.17) is 9.05 Å². The van der Waals surface area contributed by atoms with Gasteiger partial charge in [0.05, 0.1) is 11.9 Å². The Morgan fingerprint density at radius 2 is 2.07 bits per heavy atom. The van der Waals surface area contributed by atoms with Crippen LogP contribution >= 0.6 is 23.5 Å². The molecule has 0 aliphatic heterocycles. The molecule has 0 aliphatic rings. The summed E-state index contributed by atoms with van der Waals surface area (Å²) in [4.78, 5) is 4.14. The molecule has 0 N–H and O–H groups in total. The molecule has 1 rings (SSSR count). The SMILES string of the molecule is COP(=O)(Cc1cc(C)c(Br)cn1)OC. The zero-order valence-corrected chi connectivity index (χ0v) is 11.3. The number of aromatic nitrogens is 1. The van der Waals surface area contributed by atoms with Crippen molar-refractivity contribution < 1.29 is 13.6 Å². The smallest absolute Gasteiger partial charge is 0.312 e. The molecule has 1 aromatic rings. The first-order chi connectivity index (χ1) is 7.00. The minimum absolute atomic E-state index is 0.189. The van der Waals surface area contributed by atoms with Crippen LogP contribution in [-0.4, -0.2) is 19.2 Å². The van der Waals surface area contributed by atoms with Crippen LogP contribution in [-0.2, 0) is 19.8 Å². The maximum Gasteiger partial charge on any atom is 0.336 e. The summed E-state index contributed by atoms with van der Waals surface area (Å²) in [7, 11) is -0.274. The van der Waals surface area contributed by atoms with Crippen LogP contribution in [0, 0.1) is 6.92 Å². The molecule has 0 amide bonds. The summed E-state index contributed by atoms with van der Waals surface area (Å²) in [5.41, 5.74) is 1.74. The molecular formula is C9H13BrNO3P. The molecule has 0 radical (unpaired) electrons. The van der Waals surface area contributed by atoms with Gasteiger partial charge in [-0.05, 0) is 34.5 Å². The quantitative estimate of drug-likeness (QED) is 0.800. The van der Waals surface area contributed by atoms with E-state index in [2.05, 4.69) is 20.9 Å². The molecule has 0 aromatic carbocycles. The third kappa shape index (κ3) is 3.38. The molecule has 15 heavy (non-hydrogen) atoms. The maximum absolute atomic E-state index is 11.8. The second kappa shape index (κ2) is 5.21. The lowest BCUT2D eigenvalue weighted by molar-refractivity contribution is 0.274. The molecular weight excluding hydrogens is 281 g/mol. The zero-order valence-electron chi connectivity index (χ0n) is 8.86. The van der Waals surface area contributed by atoms with Crippen molar-refractivity contribution in [2.75, 3.05) is 14.2 Å². The summed E-state index contributed by atoms with van der Waals surface area (Å²) >= 11 is 3.35. The number of nitrogens with zero attached hydrogens (tertiary/aromatic N) is 1. The van der Waals surface area contributed by atoms with Gasteiger partial charge in [0, 0.05) is 24.9 Å². The zero-order chi connectivity index (χ0) is 11.5. The summed E-state index contributed by atoms with van der Waals surface area (Å²) in [6.45, 7) is 1.94. The van der Waals surface area contributed by atoms with Crippen molar-refractivity contribution in [2.45, 2.75) is 13.1 Å². The van der Waals surface area contributed by atoms with Crippen molar-refractivity contribution in [1.82, 2.24) is 4.98 Å². The molecule has 0 saturated heterocycles. The van der Waals surface area contributed by atoms with Gasteiger partial charge in [0.25, 0.3) is 0 Å². The number of hydrogen-bond acceptors (Lipinski definition) is 4. The van der Waals surface area contributed by atoms with E-state index in [1.165, 1.54) is 14.2 Å². The Balaban J connectivity index is 2.90. The fourth-order valence-electron chi connectivity index (χ4n) is 1.09. The van der Waals surface area contributed by atoms with E-state index < -0.39 is 7.60 Å². The summed E-state index contributed by atoms with van der Waals surface area (Å²) < 4.78 is 22.4. The monoisotopic (exact) mass is 293 g/mol. The summed E-state index contributed by atoms with van der Waals surface area (Å²) in [5.74, 6) is 0. The molecule has 1 aromatic heterocycles. The fourth-order valence-corrected chi connectivity index (χ4v) is 2.28. The molecule has 1 heterocycles. The number of rotatable bonds is 4. The lowest BCUT2D eigenvalue weighted by atomic mass is 10.2. The van der Waals surface area contributed by atoms with Crippen LogP contribution in [0.2, 0.25) is 0 Å². The van der Waals surface area contributed by atoms with Gasteiger partial charge in [-0.1, -0.05) is 0 Å². The third-order valence-corrected chi connectivity index (χ3v) is 4.67. The summed E-state index contributed by atoms with van der Waals surface area (Å²) in [6, 6.07) is 1.86. The lowest BCUT2D eigenvalue weighted by Gasteiger charge is -2.13. The second-order valence-corrected chi connectivity index (χ2v) is 6.18. The maximum atomic E-state index is 11.8. The first-order valence-corrected chi connectivity index (χ1v) is 6.84. The highest BCUT2D eigenvalue weighted by atomic mass is 79.9. The van der Waals surface area contributed by atoms with E-state index in [1.54, 1.807) is 6.20 Å². The minimum Gasteiger partial charge on any atom is -0.312 e. The van der Waals surface area contributed by atoms with Crippen molar-refractivity contribution in [2.24, 2.45) is 0 Å². The van der Waals surface area contributed by atoms with E-state index in [1.807, 2.05) is 13.0 Å². The van der Waals surface area contributed by atoms with Crippen molar-refractivity contribution in [3.05, 3.63) is 28.0 Å². The molecule has 0 bridgehead atoms. The van der Waals surface area contributed by atoms with Crippen LogP contribution in [0.3, 0.4) is 0 Å². The average Bonchev–Trinajstić information content (AvgIpc) is 2.23. The van der Waals surface area contributed by atoms with Gasteiger partial charge in [0.15, 0.2) is 0 Å². The standard InChI is InChI=1S/C9H13BrNO3P/c1-7-4-8(11-5-9(7)10)6-15(12,13-2)14-3/h4-5H,6H2,1-3H3.